The van der Waals surface area contributed by atoms with Gasteiger partial charge in [-0.25, -0.2) is 9.59 Å². The number of amides is 1. The number of rotatable bonds is 5. The van der Waals surface area contributed by atoms with E-state index in [1.54, 1.807) is 13.8 Å². The molecule has 25 heavy (non-hydrogen) atoms. The van der Waals surface area contributed by atoms with Crippen molar-refractivity contribution < 1.29 is 29.0 Å². The van der Waals surface area contributed by atoms with Crippen molar-refractivity contribution in [3.05, 3.63) is 0 Å². The van der Waals surface area contributed by atoms with E-state index in [-0.39, 0.29) is 49.9 Å². The largest absolute Gasteiger partial charge is 0.464 e. The number of piperidine rings is 1. The van der Waals surface area contributed by atoms with Gasteiger partial charge < -0.3 is 19.5 Å². The Hall–Kier alpha value is -1.63. The maximum Gasteiger partial charge on any atom is 0.343 e. The first-order chi connectivity index (χ1) is 11.9. The van der Waals surface area contributed by atoms with Crippen molar-refractivity contribution in [2.75, 3.05) is 26.4 Å². The number of carbonyl (C=O) groups excluding carboxylic acids is 3. The van der Waals surface area contributed by atoms with Crippen LogP contribution in [0.4, 0.5) is 0 Å². The summed E-state index contributed by atoms with van der Waals surface area (Å²) in [5.74, 6) is -1.28. The summed E-state index contributed by atoms with van der Waals surface area (Å²) in [5.41, 5.74) is -1.71. The molecule has 3 atom stereocenters. The zero-order valence-electron chi connectivity index (χ0n) is 15.3. The lowest BCUT2D eigenvalue weighted by Crippen LogP contribution is -2.68. The summed E-state index contributed by atoms with van der Waals surface area (Å²) in [7, 11) is 0. The second-order valence-electron chi connectivity index (χ2n) is 7.02. The minimum absolute atomic E-state index is 0.0790. The van der Waals surface area contributed by atoms with E-state index in [9.17, 15) is 19.5 Å². The van der Waals surface area contributed by atoms with E-state index in [1.165, 1.54) is 11.8 Å². The van der Waals surface area contributed by atoms with Crippen LogP contribution < -0.4 is 0 Å². The van der Waals surface area contributed by atoms with Crippen molar-refractivity contribution in [1.82, 2.24) is 4.90 Å². The SMILES string of the molecule is CCOC(=O)C1(C(=O)OCC)C[C@H]2C[C@@H](CO)CC[C@H]2CN1C(C)=O. The topological polar surface area (TPSA) is 93.1 Å². The van der Waals surface area contributed by atoms with Gasteiger partial charge in [0.15, 0.2) is 0 Å². The molecule has 0 aromatic rings. The van der Waals surface area contributed by atoms with Crippen LogP contribution in [-0.4, -0.2) is 59.8 Å². The minimum atomic E-state index is -1.71. The fourth-order valence-corrected chi connectivity index (χ4v) is 4.33. The fourth-order valence-electron chi connectivity index (χ4n) is 4.33. The molecule has 0 unspecified atom stereocenters. The summed E-state index contributed by atoms with van der Waals surface area (Å²) in [6.07, 6.45) is 2.72. The average molecular weight is 355 g/mol. The number of esters is 2. The Morgan fingerprint density at radius 1 is 1.08 bits per heavy atom. The number of nitrogens with zero attached hydrogens (tertiary/aromatic N) is 1. The highest BCUT2D eigenvalue weighted by Gasteiger charge is 2.60. The van der Waals surface area contributed by atoms with E-state index in [1.807, 2.05) is 0 Å². The third-order valence-corrected chi connectivity index (χ3v) is 5.55. The molecule has 1 aliphatic heterocycles. The van der Waals surface area contributed by atoms with Crippen LogP contribution in [0, 0.1) is 17.8 Å². The van der Waals surface area contributed by atoms with Gasteiger partial charge in [-0.15, -0.1) is 0 Å². The number of likely N-dealkylation sites (tertiary alicyclic amines) is 1. The monoisotopic (exact) mass is 355 g/mol. The van der Waals surface area contributed by atoms with Crippen LogP contribution in [0.5, 0.6) is 0 Å². The van der Waals surface area contributed by atoms with Crippen molar-refractivity contribution in [2.45, 2.75) is 52.0 Å². The second-order valence-corrected chi connectivity index (χ2v) is 7.02. The molecule has 2 fully saturated rings. The molecule has 0 aromatic carbocycles. The Bertz CT molecular complexity index is 502. The molecule has 142 valence electrons. The Labute approximate surface area is 148 Å². The quantitative estimate of drug-likeness (QED) is 0.587. The highest BCUT2D eigenvalue weighted by Crippen LogP contribution is 2.45. The number of aliphatic hydroxyl groups excluding tert-OH is 1. The molecule has 1 N–H and O–H groups in total. The molecule has 0 bridgehead atoms. The predicted octanol–water partition coefficient (Wildman–Crippen LogP) is 1.13. The lowest BCUT2D eigenvalue weighted by Gasteiger charge is -2.51. The molecule has 1 heterocycles. The molecular weight excluding hydrogens is 326 g/mol. The standard InChI is InChI=1S/C18H29NO6/c1-4-24-16(22)18(17(23)25-5-2)9-15-8-13(11-20)6-7-14(15)10-19(18)12(3)21/h13-15,20H,4-11H2,1-3H3/t13-,14-,15+/m0/s1. The van der Waals surface area contributed by atoms with Crippen molar-refractivity contribution in [1.29, 1.82) is 0 Å². The van der Waals surface area contributed by atoms with Crippen LogP contribution in [0.1, 0.15) is 46.5 Å². The van der Waals surface area contributed by atoms with Gasteiger partial charge in [0.2, 0.25) is 11.4 Å². The number of hydrogen-bond acceptors (Lipinski definition) is 6. The zero-order chi connectivity index (χ0) is 18.6. The smallest absolute Gasteiger partial charge is 0.343 e. The lowest BCUT2D eigenvalue weighted by atomic mass is 9.65. The van der Waals surface area contributed by atoms with Crippen molar-refractivity contribution in [2.24, 2.45) is 17.8 Å². The molecule has 2 aliphatic rings. The van der Waals surface area contributed by atoms with Gasteiger partial charge in [0.25, 0.3) is 0 Å². The highest BCUT2D eigenvalue weighted by molar-refractivity contribution is 6.07. The Balaban J connectivity index is 2.42. The molecule has 1 saturated carbocycles. The van der Waals surface area contributed by atoms with Gasteiger partial charge in [0.1, 0.15) is 0 Å². The molecule has 7 heteroatoms. The Morgan fingerprint density at radius 3 is 2.16 bits per heavy atom. The van der Waals surface area contributed by atoms with Gasteiger partial charge in [0.05, 0.1) is 13.2 Å². The van der Waals surface area contributed by atoms with Gasteiger partial charge in [-0.2, -0.15) is 0 Å². The van der Waals surface area contributed by atoms with E-state index in [0.717, 1.165) is 19.3 Å². The predicted molar refractivity (Wildman–Crippen MR) is 89.4 cm³/mol. The van der Waals surface area contributed by atoms with E-state index in [4.69, 9.17) is 9.47 Å². The minimum Gasteiger partial charge on any atom is -0.464 e. The van der Waals surface area contributed by atoms with Crippen LogP contribution >= 0.6 is 0 Å². The number of aliphatic hydroxyl groups is 1. The molecular formula is C18H29NO6. The summed E-state index contributed by atoms with van der Waals surface area (Å²) in [4.78, 5) is 39.3. The summed E-state index contributed by atoms with van der Waals surface area (Å²) in [6, 6.07) is 0. The van der Waals surface area contributed by atoms with Crippen LogP contribution in [0.15, 0.2) is 0 Å². The first-order valence-electron chi connectivity index (χ1n) is 9.14. The number of fused-ring (bicyclic) bond motifs is 1. The Kier molecular flexibility index (Phi) is 6.43. The maximum atomic E-state index is 12.8. The average Bonchev–Trinajstić information content (AvgIpc) is 2.60. The summed E-state index contributed by atoms with van der Waals surface area (Å²) < 4.78 is 10.4. The van der Waals surface area contributed by atoms with Gasteiger partial charge in [-0.1, -0.05) is 0 Å². The van der Waals surface area contributed by atoms with Crippen LogP contribution in [0.3, 0.4) is 0 Å². The van der Waals surface area contributed by atoms with E-state index < -0.39 is 17.5 Å². The first-order valence-corrected chi connectivity index (χ1v) is 9.14. The normalized spacial score (nSPS) is 28.0. The van der Waals surface area contributed by atoms with E-state index in [2.05, 4.69) is 0 Å². The molecule has 0 aromatic heterocycles. The summed E-state index contributed by atoms with van der Waals surface area (Å²) in [5, 5.41) is 9.49. The van der Waals surface area contributed by atoms with Gasteiger partial charge in [-0.05, 0) is 57.3 Å². The van der Waals surface area contributed by atoms with Gasteiger partial charge in [0, 0.05) is 20.1 Å². The zero-order valence-corrected chi connectivity index (χ0v) is 15.3. The van der Waals surface area contributed by atoms with E-state index >= 15 is 0 Å². The van der Waals surface area contributed by atoms with Gasteiger partial charge >= 0.3 is 11.9 Å². The summed E-state index contributed by atoms with van der Waals surface area (Å²) >= 11 is 0. The van der Waals surface area contributed by atoms with Gasteiger partial charge in [-0.3, -0.25) is 4.79 Å². The third-order valence-electron chi connectivity index (χ3n) is 5.55. The third kappa shape index (κ3) is 3.66. The molecule has 7 nitrogen and oxygen atoms in total. The number of hydrogen-bond donors (Lipinski definition) is 1. The maximum absolute atomic E-state index is 12.8. The molecule has 1 amide bonds. The van der Waals surface area contributed by atoms with Crippen LogP contribution in [-0.2, 0) is 23.9 Å². The van der Waals surface area contributed by atoms with E-state index in [0.29, 0.717) is 6.54 Å². The molecule has 2 rings (SSSR count). The number of ether oxygens (including phenoxy) is 2. The first kappa shape index (κ1) is 19.7. The van der Waals surface area contributed by atoms with Crippen LogP contribution in [0.25, 0.3) is 0 Å². The molecule has 1 aliphatic carbocycles. The van der Waals surface area contributed by atoms with Crippen LogP contribution in [0.2, 0.25) is 0 Å². The molecule has 1 saturated heterocycles. The van der Waals surface area contributed by atoms with Crippen molar-refractivity contribution >= 4 is 17.8 Å². The highest BCUT2D eigenvalue weighted by atomic mass is 16.6. The molecule has 0 radical (unpaired) electrons. The van der Waals surface area contributed by atoms with Crippen molar-refractivity contribution in [3.63, 3.8) is 0 Å². The second kappa shape index (κ2) is 8.17. The fraction of sp³-hybridized carbons (Fsp3) is 0.833. The lowest BCUT2D eigenvalue weighted by molar-refractivity contribution is -0.187. The van der Waals surface area contributed by atoms with Crippen molar-refractivity contribution in [3.8, 4) is 0 Å². The molecule has 0 spiro atoms. The number of carbonyl (C=O) groups is 3. The summed E-state index contributed by atoms with van der Waals surface area (Å²) in [6.45, 7) is 5.40. The Morgan fingerprint density at radius 2 is 1.68 bits per heavy atom.